The van der Waals surface area contributed by atoms with Gasteiger partial charge in [-0.3, -0.25) is 4.79 Å². The van der Waals surface area contributed by atoms with Gasteiger partial charge in [0.1, 0.15) is 12.6 Å². The topological polar surface area (TPSA) is 62.1 Å². The second kappa shape index (κ2) is 5.76. The van der Waals surface area contributed by atoms with Crippen LogP contribution >= 0.6 is 0 Å². The summed E-state index contributed by atoms with van der Waals surface area (Å²) in [7, 11) is 0. The zero-order valence-electron chi connectivity index (χ0n) is 9.41. The summed E-state index contributed by atoms with van der Waals surface area (Å²) >= 11 is 0. The van der Waals surface area contributed by atoms with Crippen molar-refractivity contribution in [3.05, 3.63) is 29.3 Å². The first-order valence-corrected chi connectivity index (χ1v) is 4.98. The summed E-state index contributed by atoms with van der Waals surface area (Å²) in [5, 5.41) is 11.2. The molecule has 0 amide bonds. The molecular formula is C12H14N2O2. The number of esters is 1. The lowest BCUT2D eigenvalue weighted by atomic mass is 10.1. The van der Waals surface area contributed by atoms with Crippen molar-refractivity contribution in [3.8, 4) is 6.07 Å². The lowest BCUT2D eigenvalue weighted by Crippen LogP contribution is -2.18. The van der Waals surface area contributed by atoms with E-state index in [1.807, 2.05) is 32.0 Å². The Morgan fingerprint density at radius 1 is 1.44 bits per heavy atom. The third-order valence-electron chi connectivity index (χ3n) is 2.19. The van der Waals surface area contributed by atoms with E-state index >= 15 is 0 Å². The van der Waals surface area contributed by atoms with Crippen LogP contribution < -0.4 is 5.32 Å². The number of rotatable bonds is 4. The average Bonchev–Trinajstić information content (AvgIpc) is 2.25. The second-order valence-corrected chi connectivity index (χ2v) is 3.44. The van der Waals surface area contributed by atoms with Gasteiger partial charge in [-0.25, -0.2) is 0 Å². The first-order valence-electron chi connectivity index (χ1n) is 4.98. The van der Waals surface area contributed by atoms with Gasteiger partial charge in [-0.05, 0) is 25.0 Å². The molecular weight excluding hydrogens is 204 g/mol. The number of ether oxygens (including phenoxy) is 1. The van der Waals surface area contributed by atoms with Crippen molar-refractivity contribution in [2.24, 2.45) is 0 Å². The Bertz CT molecular complexity index is 401. The Labute approximate surface area is 94.8 Å². The first-order chi connectivity index (χ1) is 7.65. The lowest BCUT2D eigenvalue weighted by Gasteiger charge is -2.11. The van der Waals surface area contributed by atoms with Crippen molar-refractivity contribution in [3.63, 3.8) is 0 Å². The zero-order chi connectivity index (χ0) is 12.0. The highest BCUT2D eigenvalue weighted by Crippen LogP contribution is 2.18. The Hall–Kier alpha value is -2.02. The van der Waals surface area contributed by atoms with Crippen LogP contribution in [0.2, 0.25) is 0 Å². The molecule has 1 aromatic rings. The molecule has 1 rings (SSSR count). The minimum atomic E-state index is -0.427. The molecule has 0 aliphatic carbocycles. The minimum absolute atomic E-state index is 0.0768. The van der Waals surface area contributed by atoms with Crippen molar-refractivity contribution in [1.82, 2.24) is 0 Å². The third-order valence-corrected chi connectivity index (χ3v) is 2.19. The average molecular weight is 218 g/mol. The van der Waals surface area contributed by atoms with Gasteiger partial charge in [0.05, 0.1) is 0 Å². The van der Waals surface area contributed by atoms with Crippen LogP contribution in [0.25, 0.3) is 0 Å². The lowest BCUT2D eigenvalue weighted by molar-refractivity contribution is -0.140. The van der Waals surface area contributed by atoms with Crippen molar-refractivity contribution in [2.45, 2.75) is 13.8 Å². The molecule has 1 aromatic carbocycles. The fourth-order valence-electron chi connectivity index (χ4n) is 1.42. The SMILES string of the molecule is Cc1cccc(C)c1NCC(=O)OCC#N. The summed E-state index contributed by atoms with van der Waals surface area (Å²) in [5.41, 5.74) is 3.09. The summed E-state index contributed by atoms with van der Waals surface area (Å²) in [6.07, 6.45) is 0. The molecule has 4 nitrogen and oxygen atoms in total. The van der Waals surface area contributed by atoms with Gasteiger partial charge in [-0.15, -0.1) is 0 Å². The molecule has 84 valence electrons. The number of anilines is 1. The smallest absolute Gasteiger partial charge is 0.326 e. The van der Waals surface area contributed by atoms with E-state index in [1.165, 1.54) is 0 Å². The second-order valence-electron chi connectivity index (χ2n) is 3.44. The van der Waals surface area contributed by atoms with E-state index in [9.17, 15) is 4.79 Å². The fourth-order valence-corrected chi connectivity index (χ4v) is 1.42. The molecule has 16 heavy (non-hydrogen) atoms. The monoisotopic (exact) mass is 218 g/mol. The Morgan fingerprint density at radius 3 is 2.62 bits per heavy atom. The van der Waals surface area contributed by atoms with Crippen molar-refractivity contribution < 1.29 is 9.53 Å². The van der Waals surface area contributed by atoms with Crippen molar-refractivity contribution in [1.29, 1.82) is 5.26 Å². The molecule has 0 saturated heterocycles. The van der Waals surface area contributed by atoms with Gasteiger partial charge in [0.25, 0.3) is 0 Å². The predicted molar refractivity (Wildman–Crippen MR) is 61.0 cm³/mol. The van der Waals surface area contributed by atoms with E-state index < -0.39 is 5.97 Å². The molecule has 0 aliphatic rings. The van der Waals surface area contributed by atoms with Crippen molar-refractivity contribution >= 4 is 11.7 Å². The van der Waals surface area contributed by atoms with Crippen LogP contribution in [-0.2, 0) is 9.53 Å². The van der Waals surface area contributed by atoms with Gasteiger partial charge in [-0.2, -0.15) is 5.26 Å². The maximum absolute atomic E-state index is 11.2. The summed E-state index contributed by atoms with van der Waals surface area (Å²) in [6, 6.07) is 7.65. The molecule has 0 atom stereocenters. The van der Waals surface area contributed by atoms with Gasteiger partial charge in [-0.1, -0.05) is 18.2 Å². The molecule has 4 heteroatoms. The molecule has 0 heterocycles. The highest BCUT2D eigenvalue weighted by atomic mass is 16.5. The van der Waals surface area contributed by atoms with E-state index in [-0.39, 0.29) is 13.2 Å². The number of para-hydroxylation sites is 1. The van der Waals surface area contributed by atoms with E-state index in [0.29, 0.717) is 0 Å². The Morgan fingerprint density at radius 2 is 2.06 bits per heavy atom. The number of benzene rings is 1. The number of aryl methyl sites for hydroxylation is 2. The Balaban J connectivity index is 2.55. The van der Waals surface area contributed by atoms with Crippen LogP contribution in [-0.4, -0.2) is 19.1 Å². The molecule has 0 radical (unpaired) electrons. The van der Waals surface area contributed by atoms with Crippen LogP contribution in [0.3, 0.4) is 0 Å². The first kappa shape index (κ1) is 12.1. The van der Waals surface area contributed by atoms with Crippen molar-refractivity contribution in [2.75, 3.05) is 18.5 Å². The number of hydrogen-bond acceptors (Lipinski definition) is 4. The van der Waals surface area contributed by atoms with Crippen LogP contribution in [0.4, 0.5) is 5.69 Å². The molecule has 0 bridgehead atoms. The quantitative estimate of drug-likeness (QED) is 0.782. The number of carbonyl (C=O) groups is 1. The van der Waals surface area contributed by atoms with Gasteiger partial charge in [0.15, 0.2) is 6.61 Å². The van der Waals surface area contributed by atoms with E-state index in [2.05, 4.69) is 10.1 Å². The molecule has 1 N–H and O–H groups in total. The summed E-state index contributed by atoms with van der Waals surface area (Å²) in [6.45, 7) is 3.81. The fraction of sp³-hybridized carbons (Fsp3) is 0.333. The van der Waals surface area contributed by atoms with Crippen LogP contribution in [0.1, 0.15) is 11.1 Å². The number of hydrogen-bond donors (Lipinski definition) is 1. The minimum Gasteiger partial charge on any atom is -0.449 e. The third kappa shape index (κ3) is 3.28. The molecule has 0 fully saturated rings. The zero-order valence-corrected chi connectivity index (χ0v) is 9.41. The highest BCUT2D eigenvalue weighted by molar-refractivity contribution is 5.76. The van der Waals surface area contributed by atoms with E-state index in [1.54, 1.807) is 6.07 Å². The number of nitriles is 1. The summed E-state index contributed by atoms with van der Waals surface area (Å²) in [4.78, 5) is 11.2. The van der Waals surface area contributed by atoms with E-state index in [0.717, 1.165) is 16.8 Å². The van der Waals surface area contributed by atoms with Gasteiger partial charge < -0.3 is 10.1 Å². The number of carbonyl (C=O) groups excluding carboxylic acids is 1. The largest absolute Gasteiger partial charge is 0.449 e. The molecule has 0 aromatic heterocycles. The molecule has 0 spiro atoms. The highest BCUT2D eigenvalue weighted by Gasteiger charge is 2.05. The number of nitrogens with one attached hydrogen (secondary N) is 1. The molecule has 0 aliphatic heterocycles. The standard InChI is InChI=1S/C12H14N2O2/c1-9-4-3-5-10(2)12(9)14-8-11(15)16-7-6-13/h3-5,14H,7-8H2,1-2H3. The van der Waals surface area contributed by atoms with Gasteiger partial charge in [0.2, 0.25) is 0 Å². The maximum atomic E-state index is 11.2. The predicted octanol–water partition coefficient (Wildman–Crippen LogP) is 1.78. The van der Waals surface area contributed by atoms with Crippen LogP contribution in [0.5, 0.6) is 0 Å². The molecule has 0 unspecified atom stereocenters. The number of nitrogens with zero attached hydrogens (tertiary/aromatic N) is 1. The van der Waals surface area contributed by atoms with Crippen LogP contribution in [0.15, 0.2) is 18.2 Å². The van der Waals surface area contributed by atoms with Crippen LogP contribution in [0, 0.1) is 25.2 Å². The summed E-state index contributed by atoms with van der Waals surface area (Å²) in [5.74, 6) is -0.427. The van der Waals surface area contributed by atoms with Gasteiger partial charge in [0, 0.05) is 5.69 Å². The molecule has 0 saturated carbocycles. The summed E-state index contributed by atoms with van der Waals surface area (Å²) < 4.78 is 4.63. The normalized spacial score (nSPS) is 9.31. The van der Waals surface area contributed by atoms with Gasteiger partial charge >= 0.3 is 5.97 Å². The Kier molecular flexibility index (Phi) is 4.34. The van der Waals surface area contributed by atoms with E-state index in [4.69, 9.17) is 5.26 Å². The maximum Gasteiger partial charge on any atom is 0.326 e.